The molecule has 7 aromatic carbocycles. The molecule has 0 unspecified atom stereocenters. The van der Waals surface area contributed by atoms with Gasteiger partial charge in [-0.1, -0.05) is 182 Å². The zero-order valence-electron chi connectivity index (χ0n) is 27.4. The van der Waals surface area contributed by atoms with E-state index in [0.29, 0.717) is 5.96 Å². The van der Waals surface area contributed by atoms with Crippen LogP contribution in [-0.4, -0.2) is 30.7 Å². The van der Waals surface area contributed by atoms with Gasteiger partial charge >= 0.3 is 0 Å². The first-order valence-electron chi connectivity index (χ1n) is 16.8. The van der Waals surface area contributed by atoms with Gasteiger partial charge in [0, 0.05) is 22.6 Å². The van der Waals surface area contributed by atoms with E-state index in [0.717, 1.165) is 32.9 Å². The molecule has 5 heteroatoms. The first-order chi connectivity index (χ1) is 24.7. The van der Waals surface area contributed by atoms with Crippen molar-refractivity contribution in [3.63, 3.8) is 0 Å². The van der Waals surface area contributed by atoms with Gasteiger partial charge in [-0.2, -0.15) is 4.99 Å². The highest BCUT2D eigenvalue weighted by Gasteiger charge is 2.41. The second-order valence-corrected chi connectivity index (χ2v) is 16.0. The lowest BCUT2D eigenvalue weighted by Crippen LogP contribution is -2.74. The SMILES string of the molecule is N=C(N=C(/N=C/c1cccc([Si](c2ccccc2)(c2ccccc2)c2ccccc2)c1)n1c2ccccc2c2ccccc21)c1ccccc1. The Balaban J connectivity index is 1.32. The molecule has 1 heterocycles. The van der Waals surface area contributed by atoms with Gasteiger partial charge in [-0.25, -0.2) is 4.99 Å². The molecule has 1 aromatic heterocycles. The third kappa shape index (κ3) is 5.60. The van der Waals surface area contributed by atoms with E-state index in [4.69, 9.17) is 15.4 Å². The Labute approximate surface area is 292 Å². The quantitative estimate of drug-likeness (QED) is 0.0832. The van der Waals surface area contributed by atoms with Crippen LogP contribution in [0.15, 0.2) is 204 Å². The summed E-state index contributed by atoms with van der Waals surface area (Å²) in [7, 11) is -2.71. The van der Waals surface area contributed by atoms with Gasteiger partial charge < -0.3 is 0 Å². The molecule has 50 heavy (non-hydrogen) atoms. The van der Waals surface area contributed by atoms with Gasteiger partial charge in [-0.15, -0.1) is 0 Å². The zero-order valence-corrected chi connectivity index (χ0v) is 28.4. The molecule has 0 aliphatic carbocycles. The van der Waals surface area contributed by atoms with Crippen molar-refractivity contribution in [2.24, 2.45) is 9.98 Å². The number of nitrogens with zero attached hydrogens (tertiary/aromatic N) is 3. The molecule has 238 valence electrons. The van der Waals surface area contributed by atoms with Crippen LogP contribution in [0.25, 0.3) is 21.8 Å². The maximum atomic E-state index is 8.99. The summed E-state index contributed by atoms with van der Waals surface area (Å²) in [6.45, 7) is 0. The molecule has 4 nitrogen and oxygen atoms in total. The third-order valence-electron chi connectivity index (χ3n) is 9.31. The smallest absolute Gasteiger partial charge is 0.236 e. The molecule has 0 aliphatic heterocycles. The summed E-state index contributed by atoms with van der Waals surface area (Å²) in [6.07, 6.45) is 1.89. The summed E-state index contributed by atoms with van der Waals surface area (Å²) in [4.78, 5) is 10.00. The van der Waals surface area contributed by atoms with E-state index >= 15 is 0 Å². The van der Waals surface area contributed by atoms with Gasteiger partial charge in [-0.3, -0.25) is 9.98 Å². The Morgan fingerprint density at radius 2 is 0.920 bits per heavy atom. The van der Waals surface area contributed by atoms with Crippen molar-refractivity contribution < 1.29 is 0 Å². The normalized spacial score (nSPS) is 12.1. The van der Waals surface area contributed by atoms with E-state index in [-0.39, 0.29) is 5.84 Å². The van der Waals surface area contributed by atoms with Crippen molar-refractivity contribution in [3.8, 4) is 0 Å². The van der Waals surface area contributed by atoms with Crippen LogP contribution >= 0.6 is 0 Å². The Morgan fingerprint density at radius 3 is 1.44 bits per heavy atom. The second kappa shape index (κ2) is 13.6. The molecule has 8 rings (SSSR count). The minimum absolute atomic E-state index is 0.150. The van der Waals surface area contributed by atoms with Crippen LogP contribution in [0.5, 0.6) is 0 Å². The average molecular weight is 659 g/mol. The first kappa shape index (κ1) is 30.9. The lowest BCUT2D eigenvalue weighted by atomic mass is 10.2. The highest BCUT2D eigenvalue weighted by molar-refractivity contribution is 7.19. The Bertz CT molecular complexity index is 2340. The fourth-order valence-corrected chi connectivity index (χ4v) is 11.9. The largest absolute Gasteiger partial charge is 0.282 e. The molecule has 0 radical (unpaired) electrons. The van der Waals surface area contributed by atoms with Gasteiger partial charge in [0.15, 0.2) is 13.9 Å². The molecule has 0 amide bonds. The van der Waals surface area contributed by atoms with Gasteiger partial charge in [0.25, 0.3) is 0 Å². The fraction of sp³-hybridized carbons (Fsp3) is 0. The number of benzene rings is 7. The maximum absolute atomic E-state index is 8.99. The van der Waals surface area contributed by atoms with Crippen LogP contribution in [-0.2, 0) is 0 Å². The minimum atomic E-state index is -2.71. The number of nitrogens with one attached hydrogen (secondary N) is 1. The van der Waals surface area contributed by atoms with Crippen LogP contribution in [0.2, 0.25) is 0 Å². The van der Waals surface area contributed by atoms with Gasteiger partial charge in [-0.05, 0) is 38.4 Å². The molecule has 0 saturated heterocycles. The van der Waals surface area contributed by atoms with Crippen molar-refractivity contribution in [3.05, 3.63) is 205 Å². The molecular weight excluding hydrogens is 625 g/mol. The number of amidine groups is 1. The molecular formula is C45H34N4Si. The lowest BCUT2D eigenvalue weighted by molar-refractivity contribution is 1.22. The van der Waals surface area contributed by atoms with E-state index < -0.39 is 8.07 Å². The number of hydrogen-bond donors (Lipinski definition) is 1. The number of para-hydroxylation sites is 2. The molecule has 0 saturated carbocycles. The molecule has 0 bridgehead atoms. The highest BCUT2D eigenvalue weighted by Crippen LogP contribution is 2.29. The predicted molar refractivity (Wildman–Crippen MR) is 213 cm³/mol. The summed E-state index contributed by atoms with van der Waals surface area (Å²) >= 11 is 0. The van der Waals surface area contributed by atoms with Crippen LogP contribution in [0, 0.1) is 5.41 Å². The number of aromatic nitrogens is 1. The number of aliphatic imine (C=N–C) groups is 2. The lowest BCUT2D eigenvalue weighted by Gasteiger charge is -2.34. The Hall–Kier alpha value is -6.43. The van der Waals surface area contributed by atoms with Gasteiger partial charge in [0.2, 0.25) is 5.96 Å². The van der Waals surface area contributed by atoms with Crippen LogP contribution < -0.4 is 20.7 Å². The predicted octanol–water partition coefficient (Wildman–Crippen LogP) is 7.52. The topological polar surface area (TPSA) is 53.5 Å². The summed E-state index contributed by atoms with van der Waals surface area (Å²) < 4.78 is 2.07. The zero-order chi connectivity index (χ0) is 33.8. The number of hydrogen-bond acceptors (Lipinski definition) is 1. The summed E-state index contributed by atoms with van der Waals surface area (Å²) in [6, 6.07) is 67.8. The van der Waals surface area contributed by atoms with E-state index in [1.165, 1.54) is 20.7 Å². The van der Waals surface area contributed by atoms with Crippen LogP contribution in [0.1, 0.15) is 11.1 Å². The highest BCUT2D eigenvalue weighted by atomic mass is 28.3. The molecule has 0 fully saturated rings. The van der Waals surface area contributed by atoms with Crippen molar-refractivity contribution in [2.45, 2.75) is 0 Å². The summed E-state index contributed by atoms with van der Waals surface area (Å²) in [5, 5.41) is 16.4. The molecule has 0 aliphatic rings. The van der Waals surface area contributed by atoms with Crippen molar-refractivity contribution in [2.75, 3.05) is 0 Å². The Kier molecular flexibility index (Phi) is 8.39. The van der Waals surface area contributed by atoms with Crippen molar-refractivity contribution in [1.29, 1.82) is 5.41 Å². The average Bonchev–Trinajstić information content (AvgIpc) is 3.53. The van der Waals surface area contributed by atoms with Crippen LogP contribution in [0.4, 0.5) is 0 Å². The van der Waals surface area contributed by atoms with E-state index in [1.54, 1.807) is 0 Å². The van der Waals surface area contributed by atoms with E-state index in [9.17, 15) is 0 Å². The number of fused-ring (bicyclic) bond motifs is 3. The molecule has 8 aromatic rings. The van der Waals surface area contributed by atoms with E-state index in [2.05, 4.69) is 156 Å². The maximum Gasteiger partial charge on any atom is 0.236 e. The Morgan fingerprint density at radius 1 is 0.480 bits per heavy atom. The summed E-state index contributed by atoms with van der Waals surface area (Å²) in [5.41, 5.74) is 3.67. The monoisotopic (exact) mass is 658 g/mol. The van der Waals surface area contributed by atoms with Crippen LogP contribution in [0.3, 0.4) is 0 Å². The molecule has 0 spiro atoms. The fourth-order valence-electron chi connectivity index (χ4n) is 7.08. The summed E-state index contributed by atoms with van der Waals surface area (Å²) in [5.74, 6) is 0.580. The van der Waals surface area contributed by atoms with Crippen molar-refractivity contribution >= 4 is 68.6 Å². The van der Waals surface area contributed by atoms with E-state index in [1.807, 2.05) is 48.7 Å². The van der Waals surface area contributed by atoms with Gasteiger partial charge in [0.05, 0.1) is 11.0 Å². The second-order valence-electron chi connectivity index (χ2n) is 12.2. The third-order valence-corrected chi connectivity index (χ3v) is 14.1. The standard InChI is InChI=1S/C45H34N4Si/c46-44(35-19-5-1-6-20-35)48-45(49-42-30-15-13-28-40(42)41-29-14-16-31-43(41)49)47-33-34-18-17-27-39(32-34)50(36-21-7-2-8-22-36,37-23-9-3-10-24-37)38-25-11-4-12-26-38/h1-33,46H/b46-44?,47-33+,48-45?. The molecule has 1 N–H and O–H groups in total. The van der Waals surface area contributed by atoms with Gasteiger partial charge in [0.1, 0.15) is 0 Å². The first-order valence-corrected chi connectivity index (χ1v) is 18.8. The van der Waals surface area contributed by atoms with Crippen molar-refractivity contribution in [1.82, 2.24) is 4.57 Å². The molecule has 0 atom stereocenters. The number of rotatable bonds is 6. The minimum Gasteiger partial charge on any atom is -0.282 e.